The molecule has 0 bridgehead atoms. The highest BCUT2D eigenvalue weighted by atomic mass is 35.5. The van der Waals surface area contributed by atoms with E-state index in [1.54, 1.807) is 0 Å². The number of aryl methyl sites for hydroxylation is 2. The second-order valence-corrected chi connectivity index (χ2v) is 5.94. The minimum atomic E-state index is 0.306. The Morgan fingerprint density at radius 3 is 2.56 bits per heavy atom. The largest absolute Gasteiger partial charge is 0.126 e. The van der Waals surface area contributed by atoms with Crippen LogP contribution in [0.4, 0.5) is 0 Å². The zero-order valence-corrected chi connectivity index (χ0v) is 11.3. The van der Waals surface area contributed by atoms with Crippen molar-refractivity contribution in [2.24, 2.45) is 11.3 Å². The quantitative estimate of drug-likeness (QED) is 0.676. The predicted molar refractivity (Wildman–Crippen MR) is 71.2 cm³/mol. The first-order valence-electron chi connectivity index (χ1n) is 6.17. The molecular formula is C15H21Cl. The summed E-state index contributed by atoms with van der Waals surface area (Å²) in [6.07, 6.45) is 3.87. The van der Waals surface area contributed by atoms with Gasteiger partial charge < -0.3 is 0 Å². The average Bonchev–Trinajstić information content (AvgIpc) is 3.07. The molecule has 0 heterocycles. The van der Waals surface area contributed by atoms with Gasteiger partial charge in [-0.3, -0.25) is 0 Å². The van der Waals surface area contributed by atoms with E-state index in [1.165, 1.54) is 29.5 Å². The van der Waals surface area contributed by atoms with Crippen molar-refractivity contribution in [3.63, 3.8) is 0 Å². The number of halogens is 1. The molecule has 1 aliphatic rings. The maximum absolute atomic E-state index is 6.19. The molecule has 1 aliphatic carbocycles. The van der Waals surface area contributed by atoms with Gasteiger partial charge in [-0.2, -0.15) is 0 Å². The third kappa shape index (κ3) is 2.43. The molecule has 0 aromatic heterocycles. The molecule has 0 N–H and O–H groups in total. The Balaban J connectivity index is 2.21. The van der Waals surface area contributed by atoms with Gasteiger partial charge in [0.25, 0.3) is 0 Å². The van der Waals surface area contributed by atoms with Crippen molar-refractivity contribution in [3.8, 4) is 0 Å². The van der Waals surface area contributed by atoms with E-state index in [-0.39, 0.29) is 0 Å². The van der Waals surface area contributed by atoms with E-state index in [4.69, 9.17) is 11.6 Å². The molecule has 0 radical (unpaired) electrons. The van der Waals surface area contributed by atoms with Crippen LogP contribution in [0.15, 0.2) is 18.2 Å². The molecule has 0 nitrogen and oxygen atoms in total. The normalized spacial score (nSPS) is 19.5. The first kappa shape index (κ1) is 12.0. The summed E-state index contributed by atoms with van der Waals surface area (Å²) in [7, 11) is 0. The van der Waals surface area contributed by atoms with E-state index in [2.05, 4.69) is 39.0 Å². The van der Waals surface area contributed by atoms with Crippen molar-refractivity contribution in [1.82, 2.24) is 0 Å². The third-order valence-corrected chi connectivity index (χ3v) is 4.58. The van der Waals surface area contributed by atoms with Crippen LogP contribution in [0.3, 0.4) is 0 Å². The monoisotopic (exact) mass is 236 g/mol. The summed E-state index contributed by atoms with van der Waals surface area (Å²) >= 11 is 6.19. The van der Waals surface area contributed by atoms with Crippen LogP contribution in [0.25, 0.3) is 0 Å². The molecule has 1 saturated carbocycles. The SMILES string of the molecule is Cc1ccc(C)c(CC(C)(CCl)C2CC2)c1. The van der Waals surface area contributed by atoms with Crippen molar-refractivity contribution in [2.75, 3.05) is 5.88 Å². The van der Waals surface area contributed by atoms with Crippen LogP contribution in [0.1, 0.15) is 36.5 Å². The van der Waals surface area contributed by atoms with Crippen LogP contribution < -0.4 is 0 Å². The summed E-state index contributed by atoms with van der Waals surface area (Å²) in [4.78, 5) is 0. The van der Waals surface area contributed by atoms with Gasteiger partial charge in [0.05, 0.1) is 0 Å². The maximum Gasteiger partial charge on any atom is 0.0283 e. The molecule has 1 heteroatoms. The van der Waals surface area contributed by atoms with E-state index >= 15 is 0 Å². The fraction of sp³-hybridized carbons (Fsp3) is 0.600. The van der Waals surface area contributed by atoms with E-state index in [9.17, 15) is 0 Å². The summed E-state index contributed by atoms with van der Waals surface area (Å²) in [5.74, 6) is 1.63. The minimum Gasteiger partial charge on any atom is -0.126 e. The number of rotatable bonds is 4. The number of hydrogen-bond acceptors (Lipinski definition) is 0. The molecule has 1 aromatic carbocycles. The van der Waals surface area contributed by atoms with Crippen molar-refractivity contribution >= 4 is 11.6 Å². The van der Waals surface area contributed by atoms with Crippen LogP contribution in [-0.4, -0.2) is 5.88 Å². The van der Waals surface area contributed by atoms with E-state index < -0.39 is 0 Å². The van der Waals surface area contributed by atoms with E-state index in [0.717, 1.165) is 18.2 Å². The Bertz CT molecular complexity index is 379. The highest BCUT2D eigenvalue weighted by molar-refractivity contribution is 6.18. The summed E-state index contributed by atoms with van der Waals surface area (Å²) in [6, 6.07) is 6.74. The predicted octanol–water partition coefficient (Wildman–Crippen LogP) is 4.50. The topological polar surface area (TPSA) is 0 Å². The highest BCUT2D eigenvalue weighted by Crippen LogP contribution is 2.48. The number of benzene rings is 1. The van der Waals surface area contributed by atoms with Crippen molar-refractivity contribution in [2.45, 2.75) is 40.0 Å². The Morgan fingerprint density at radius 1 is 1.31 bits per heavy atom. The molecule has 0 saturated heterocycles. The third-order valence-electron chi connectivity index (χ3n) is 3.97. The lowest BCUT2D eigenvalue weighted by Gasteiger charge is -2.28. The van der Waals surface area contributed by atoms with Crippen LogP contribution >= 0.6 is 11.6 Å². The molecule has 88 valence electrons. The molecular weight excluding hydrogens is 216 g/mol. The minimum absolute atomic E-state index is 0.306. The number of alkyl halides is 1. The first-order valence-corrected chi connectivity index (χ1v) is 6.71. The van der Waals surface area contributed by atoms with Gasteiger partial charge in [0, 0.05) is 5.88 Å². The fourth-order valence-electron chi connectivity index (χ4n) is 2.51. The van der Waals surface area contributed by atoms with E-state index in [1.807, 2.05) is 0 Å². The van der Waals surface area contributed by atoms with Gasteiger partial charge in [0.15, 0.2) is 0 Å². The first-order chi connectivity index (χ1) is 7.55. The lowest BCUT2D eigenvalue weighted by molar-refractivity contribution is 0.313. The second-order valence-electron chi connectivity index (χ2n) is 5.67. The smallest absolute Gasteiger partial charge is 0.0283 e. The Morgan fingerprint density at radius 2 is 2.00 bits per heavy atom. The molecule has 0 spiro atoms. The standard InChI is InChI=1S/C15H21Cl/c1-11-4-5-12(2)13(8-11)9-15(3,10-16)14-6-7-14/h4-5,8,14H,6-7,9-10H2,1-3H3. The molecule has 0 aliphatic heterocycles. The zero-order valence-electron chi connectivity index (χ0n) is 10.5. The average molecular weight is 237 g/mol. The number of hydrogen-bond donors (Lipinski definition) is 0. The summed E-state index contributed by atoms with van der Waals surface area (Å²) in [5, 5.41) is 0. The molecule has 0 amide bonds. The summed E-state index contributed by atoms with van der Waals surface area (Å²) in [5.41, 5.74) is 4.55. The van der Waals surface area contributed by atoms with Crippen molar-refractivity contribution in [3.05, 3.63) is 34.9 Å². The Kier molecular flexibility index (Phi) is 3.30. The summed E-state index contributed by atoms with van der Waals surface area (Å²) in [6.45, 7) is 6.72. The Hall–Kier alpha value is -0.490. The van der Waals surface area contributed by atoms with Gasteiger partial charge in [-0.25, -0.2) is 0 Å². The van der Waals surface area contributed by atoms with Gasteiger partial charge in [0.2, 0.25) is 0 Å². The highest BCUT2D eigenvalue weighted by Gasteiger charge is 2.40. The Labute approximate surface area is 104 Å². The van der Waals surface area contributed by atoms with Crippen LogP contribution in [0.5, 0.6) is 0 Å². The summed E-state index contributed by atoms with van der Waals surface area (Å²) < 4.78 is 0. The molecule has 1 aromatic rings. The van der Waals surface area contributed by atoms with Gasteiger partial charge in [-0.1, -0.05) is 30.7 Å². The molecule has 1 atom stereocenters. The van der Waals surface area contributed by atoms with Crippen LogP contribution in [0.2, 0.25) is 0 Å². The molecule has 16 heavy (non-hydrogen) atoms. The fourth-order valence-corrected chi connectivity index (χ4v) is 2.82. The van der Waals surface area contributed by atoms with E-state index in [0.29, 0.717) is 5.41 Å². The molecule has 1 unspecified atom stereocenters. The molecule has 2 rings (SSSR count). The van der Waals surface area contributed by atoms with Gasteiger partial charge in [-0.15, -0.1) is 11.6 Å². The van der Waals surface area contributed by atoms with Crippen LogP contribution in [0, 0.1) is 25.2 Å². The van der Waals surface area contributed by atoms with Gasteiger partial charge in [0.1, 0.15) is 0 Å². The maximum atomic E-state index is 6.19. The second kappa shape index (κ2) is 4.41. The lowest BCUT2D eigenvalue weighted by atomic mass is 9.79. The van der Waals surface area contributed by atoms with Gasteiger partial charge in [-0.05, 0) is 55.6 Å². The van der Waals surface area contributed by atoms with Gasteiger partial charge >= 0.3 is 0 Å². The zero-order chi connectivity index (χ0) is 11.8. The lowest BCUT2D eigenvalue weighted by Crippen LogP contribution is -2.24. The van der Waals surface area contributed by atoms with Crippen molar-refractivity contribution < 1.29 is 0 Å². The molecule has 1 fully saturated rings. The van der Waals surface area contributed by atoms with Crippen molar-refractivity contribution in [1.29, 1.82) is 0 Å². The van der Waals surface area contributed by atoms with Crippen LogP contribution in [-0.2, 0) is 6.42 Å².